The SMILES string of the molecule is CN(C1CCNC1)S(=O)(=O)c1cc(F)c(F)c(F)c1. The zero-order valence-corrected chi connectivity index (χ0v) is 11.0. The second-order valence-electron chi connectivity index (χ2n) is 4.37. The summed E-state index contributed by atoms with van der Waals surface area (Å²) < 4.78 is 64.4. The molecule has 1 fully saturated rings. The van der Waals surface area contributed by atoms with Crippen molar-refractivity contribution >= 4 is 10.0 Å². The topological polar surface area (TPSA) is 49.4 Å². The smallest absolute Gasteiger partial charge is 0.243 e. The van der Waals surface area contributed by atoms with Crippen LogP contribution in [0.1, 0.15) is 6.42 Å². The number of hydrogen-bond donors (Lipinski definition) is 1. The third kappa shape index (κ3) is 2.60. The summed E-state index contributed by atoms with van der Waals surface area (Å²) in [5, 5.41) is 2.99. The minimum absolute atomic E-state index is 0.277. The summed E-state index contributed by atoms with van der Waals surface area (Å²) in [7, 11) is -2.70. The molecule has 0 aromatic heterocycles. The number of benzene rings is 1. The first-order valence-electron chi connectivity index (χ1n) is 5.67. The summed E-state index contributed by atoms with van der Waals surface area (Å²) >= 11 is 0. The standard InChI is InChI=1S/C11H13F3N2O2S/c1-16(7-2-3-15-6-7)19(17,18)8-4-9(12)11(14)10(13)5-8/h4-5,7,15H,2-3,6H2,1H3. The maximum absolute atomic E-state index is 13.1. The predicted molar refractivity (Wildman–Crippen MR) is 62.5 cm³/mol. The zero-order chi connectivity index (χ0) is 14.2. The van der Waals surface area contributed by atoms with Gasteiger partial charge in [0, 0.05) is 19.6 Å². The summed E-state index contributed by atoms with van der Waals surface area (Å²) in [4.78, 5) is -0.585. The molecule has 0 bridgehead atoms. The van der Waals surface area contributed by atoms with Crippen molar-refractivity contribution in [2.75, 3.05) is 20.1 Å². The van der Waals surface area contributed by atoms with Crippen molar-refractivity contribution in [2.24, 2.45) is 0 Å². The van der Waals surface area contributed by atoms with Gasteiger partial charge in [0.25, 0.3) is 0 Å². The fourth-order valence-corrected chi connectivity index (χ4v) is 3.40. The fourth-order valence-electron chi connectivity index (χ4n) is 1.99. The van der Waals surface area contributed by atoms with Gasteiger partial charge in [-0.3, -0.25) is 0 Å². The summed E-state index contributed by atoms with van der Waals surface area (Å²) in [5.41, 5.74) is 0. The number of rotatable bonds is 3. The van der Waals surface area contributed by atoms with Gasteiger partial charge in [-0.1, -0.05) is 0 Å². The first-order chi connectivity index (χ1) is 8.84. The van der Waals surface area contributed by atoms with E-state index in [9.17, 15) is 21.6 Å². The van der Waals surface area contributed by atoms with E-state index in [2.05, 4.69) is 5.32 Å². The maximum atomic E-state index is 13.1. The van der Waals surface area contributed by atoms with Crippen molar-refractivity contribution in [2.45, 2.75) is 17.4 Å². The van der Waals surface area contributed by atoms with E-state index in [4.69, 9.17) is 0 Å². The molecule has 0 radical (unpaired) electrons. The van der Waals surface area contributed by atoms with Gasteiger partial charge in [-0.25, -0.2) is 21.6 Å². The average Bonchev–Trinajstić information content (AvgIpc) is 2.87. The molecule has 1 aromatic rings. The van der Waals surface area contributed by atoms with E-state index in [1.807, 2.05) is 0 Å². The molecule has 4 nitrogen and oxygen atoms in total. The highest BCUT2D eigenvalue weighted by atomic mass is 32.2. The summed E-state index contributed by atoms with van der Waals surface area (Å²) in [6.45, 7) is 1.15. The first kappa shape index (κ1) is 14.3. The lowest BCUT2D eigenvalue weighted by Crippen LogP contribution is -2.38. The van der Waals surface area contributed by atoms with Crippen LogP contribution in [0.5, 0.6) is 0 Å². The molecule has 19 heavy (non-hydrogen) atoms. The molecule has 1 saturated heterocycles. The minimum Gasteiger partial charge on any atom is -0.315 e. The molecular formula is C11H13F3N2O2S. The van der Waals surface area contributed by atoms with Crippen LogP contribution in [-0.4, -0.2) is 38.9 Å². The van der Waals surface area contributed by atoms with Gasteiger partial charge in [0.05, 0.1) is 4.90 Å². The lowest BCUT2D eigenvalue weighted by Gasteiger charge is -2.23. The zero-order valence-electron chi connectivity index (χ0n) is 10.2. The molecule has 1 atom stereocenters. The Bertz CT molecular complexity index is 563. The van der Waals surface area contributed by atoms with E-state index >= 15 is 0 Å². The summed E-state index contributed by atoms with van der Waals surface area (Å²) in [6, 6.07) is 0.709. The largest absolute Gasteiger partial charge is 0.315 e. The monoisotopic (exact) mass is 294 g/mol. The van der Waals surface area contributed by atoms with E-state index in [0.717, 1.165) is 4.31 Å². The van der Waals surface area contributed by atoms with E-state index in [1.54, 1.807) is 0 Å². The van der Waals surface area contributed by atoms with Crippen LogP contribution in [-0.2, 0) is 10.0 Å². The average molecular weight is 294 g/mol. The number of halogens is 3. The van der Waals surface area contributed by atoms with E-state index in [1.165, 1.54) is 7.05 Å². The molecule has 0 aliphatic carbocycles. The van der Waals surface area contributed by atoms with Crippen LogP contribution in [0.15, 0.2) is 17.0 Å². The molecule has 0 amide bonds. The number of nitrogens with one attached hydrogen (secondary N) is 1. The van der Waals surface area contributed by atoms with Crippen LogP contribution < -0.4 is 5.32 Å². The predicted octanol–water partition coefficient (Wildman–Crippen LogP) is 1.09. The number of sulfonamides is 1. The molecule has 0 saturated carbocycles. The number of hydrogen-bond acceptors (Lipinski definition) is 3. The minimum atomic E-state index is -4.04. The van der Waals surface area contributed by atoms with Crippen LogP contribution in [0.4, 0.5) is 13.2 Å². The Balaban J connectivity index is 2.39. The Kier molecular flexibility index (Phi) is 3.84. The van der Waals surface area contributed by atoms with Crippen molar-refractivity contribution in [1.29, 1.82) is 0 Å². The number of nitrogens with zero attached hydrogens (tertiary/aromatic N) is 1. The van der Waals surface area contributed by atoms with Crippen molar-refractivity contribution in [3.63, 3.8) is 0 Å². The lowest BCUT2D eigenvalue weighted by molar-refractivity contribution is 0.385. The van der Waals surface area contributed by atoms with Gasteiger partial charge in [-0.2, -0.15) is 4.31 Å². The van der Waals surface area contributed by atoms with Crippen LogP contribution in [0.2, 0.25) is 0 Å². The third-order valence-electron chi connectivity index (χ3n) is 3.18. The van der Waals surface area contributed by atoms with Crippen LogP contribution in [0, 0.1) is 17.5 Å². The van der Waals surface area contributed by atoms with E-state index in [0.29, 0.717) is 31.6 Å². The summed E-state index contributed by atoms with van der Waals surface area (Å²) in [6.07, 6.45) is 0.613. The summed E-state index contributed by atoms with van der Waals surface area (Å²) in [5.74, 6) is -4.71. The van der Waals surface area contributed by atoms with Crippen molar-refractivity contribution < 1.29 is 21.6 Å². The normalized spacial score (nSPS) is 20.2. The maximum Gasteiger partial charge on any atom is 0.243 e. The molecule has 8 heteroatoms. The Labute approximate surface area is 109 Å². The molecule has 2 rings (SSSR count). The highest BCUT2D eigenvalue weighted by molar-refractivity contribution is 7.89. The highest BCUT2D eigenvalue weighted by Crippen LogP contribution is 2.22. The van der Waals surface area contributed by atoms with Gasteiger partial charge < -0.3 is 5.32 Å². The van der Waals surface area contributed by atoms with Crippen molar-refractivity contribution in [3.8, 4) is 0 Å². The van der Waals surface area contributed by atoms with Gasteiger partial charge in [0.15, 0.2) is 17.5 Å². The Morgan fingerprint density at radius 3 is 2.32 bits per heavy atom. The van der Waals surface area contributed by atoms with Crippen LogP contribution in [0.3, 0.4) is 0 Å². The molecule has 1 heterocycles. The van der Waals surface area contributed by atoms with Gasteiger partial charge in [0.2, 0.25) is 10.0 Å². The molecule has 1 aliphatic heterocycles. The van der Waals surface area contributed by atoms with Gasteiger partial charge in [-0.15, -0.1) is 0 Å². The second-order valence-corrected chi connectivity index (χ2v) is 6.37. The Morgan fingerprint density at radius 2 is 1.84 bits per heavy atom. The highest BCUT2D eigenvalue weighted by Gasteiger charge is 2.31. The van der Waals surface area contributed by atoms with Crippen molar-refractivity contribution in [3.05, 3.63) is 29.6 Å². The van der Waals surface area contributed by atoms with Crippen molar-refractivity contribution in [1.82, 2.24) is 9.62 Å². The second kappa shape index (κ2) is 5.10. The molecule has 106 valence electrons. The van der Waals surface area contributed by atoms with Crippen LogP contribution in [0.25, 0.3) is 0 Å². The van der Waals surface area contributed by atoms with Gasteiger partial charge >= 0.3 is 0 Å². The molecule has 0 spiro atoms. The molecular weight excluding hydrogens is 281 g/mol. The van der Waals surface area contributed by atoms with E-state index in [-0.39, 0.29) is 6.04 Å². The van der Waals surface area contributed by atoms with Gasteiger partial charge in [0.1, 0.15) is 0 Å². The fraction of sp³-hybridized carbons (Fsp3) is 0.455. The van der Waals surface area contributed by atoms with Crippen LogP contribution >= 0.6 is 0 Å². The number of likely N-dealkylation sites (N-methyl/N-ethyl adjacent to an activating group) is 1. The molecule has 1 unspecified atom stereocenters. The van der Waals surface area contributed by atoms with E-state index < -0.39 is 32.4 Å². The molecule has 1 N–H and O–H groups in total. The third-order valence-corrected chi connectivity index (χ3v) is 5.07. The van der Waals surface area contributed by atoms with Gasteiger partial charge in [-0.05, 0) is 25.1 Å². The lowest BCUT2D eigenvalue weighted by atomic mass is 10.3. The molecule has 1 aromatic carbocycles. The molecule has 1 aliphatic rings. The first-order valence-corrected chi connectivity index (χ1v) is 7.11. The Hall–Kier alpha value is -1.12. The quantitative estimate of drug-likeness (QED) is 0.849. The Morgan fingerprint density at radius 1 is 1.26 bits per heavy atom.